The van der Waals surface area contributed by atoms with Gasteiger partial charge in [-0.25, -0.2) is 0 Å². The van der Waals surface area contributed by atoms with Crippen molar-refractivity contribution >= 4 is 0 Å². The Hall–Kier alpha value is -0.290. The molecule has 0 amide bonds. The molecule has 1 aliphatic heterocycles. The van der Waals surface area contributed by atoms with Crippen LogP contribution >= 0.6 is 0 Å². The van der Waals surface area contributed by atoms with E-state index < -0.39 is 12.1 Å². The average molecular weight is 222 g/mol. The third kappa shape index (κ3) is 2.64. The molecule has 1 atom stereocenters. The molecule has 2 rings (SSSR count). The summed E-state index contributed by atoms with van der Waals surface area (Å²) in [5.41, 5.74) is 0. The van der Waals surface area contributed by atoms with Crippen molar-refractivity contribution in [2.75, 3.05) is 26.2 Å². The van der Waals surface area contributed by atoms with E-state index in [1.54, 1.807) is 0 Å². The molecule has 0 bridgehead atoms. The molecule has 1 N–H and O–H groups in total. The van der Waals surface area contributed by atoms with Crippen LogP contribution in [0.3, 0.4) is 0 Å². The average Bonchev–Trinajstić information content (AvgIpc) is 2.25. The highest BCUT2D eigenvalue weighted by atomic mass is 19.4. The molecule has 0 radical (unpaired) electrons. The molecule has 2 fully saturated rings. The van der Waals surface area contributed by atoms with Crippen molar-refractivity contribution in [1.29, 1.82) is 0 Å². The van der Waals surface area contributed by atoms with Gasteiger partial charge in [-0.2, -0.15) is 13.2 Å². The van der Waals surface area contributed by atoms with Crippen LogP contribution in [0, 0.1) is 5.92 Å². The molecule has 5 heteroatoms. The second kappa shape index (κ2) is 4.29. The number of hydrogen-bond donors (Lipinski definition) is 1. The Morgan fingerprint density at radius 2 is 1.93 bits per heavy atom. The maximum absolute atomic E-state index is 12.6. The molecule has 0 aromatic carbocycles. The maximum Gasteiger partial charge on any atom is 0.394 e. The van der Waals surface area contributed by atoms with E-state index in [9.17, 15) is 13.2 Å². The largest absolute Gasteiger partial charge is 0.394 e. The first-order valence-electron chi connectivity index (χ1n) is 5.59. The number of nitrogens with one attached hydrogen (secondary N) is 1. The fourth-order valence-corrected chi connectivity index (χ4v) is 2.24. The first-order chi connectivity index (χ1) is 7.07. The molecule has 0 aromatic heterocycles. The molecule has 2 nitrogen and oxygen atoms in total. The van der Waals surface area contributed by atoms with E-state index in [-0.39, 0.29) is 13.1 Å². The zero-order valence-corrected chi connectivity index (χ0v) is 8.69. The molecule has 0 spiro atoms. The van der Waals surface area contributed by atoms with Gasteiger partial charge in [-0.1, -0.05) is 6.42 Å². The fourth-order valence-electron chi connectivity index (χ4n) is 2.24. The molecule has 1 heterocycles. The van der Waals surface area contributed by atoms with E-state index in [2.05, 4.69) is 5.32 Å². The molecule has 1 aliphatic carbocycles. The van der Waals surface area contributed by atoms with Crippen LogP contribution in [0.15, 0.2) is 0 Å². The van der Waals surface area contributed by atoms with Crippen LogP contribution in [0.25, 0.3) is 0 Å². The van der Waals surface area contributed by atoms with E-state index in [1.165, 1.54) is 6.42 Å². The minimum absolute atomic E-state index is 0.0761. The Bertz CT molecular complexity index is 213. The smallest absolute Gasteiger partial charge is 0.315 e. The standard InChI is InChI=1S/C10H17F3N2/c11-10(12,13)8-6-14-4-5-15(7-8)9-2-1-3-9/h8-9,14H,1-7H2. The lowest BCUT2D eigenvalue weighted by Crippen LogP contribution is -2.45. The van der Waals surface area contributed by atoms with E-state index >= 15 is 0 Å². The zero-order valence-electron chi connectivity index (χ0n) is 8.69. The highest BCUT2D eigenvalue weighted by molar-refractivity contribution is 4.86. The van der Waals surface area contributed by atoms with Gasteiger partial charge in [-0.3, -0.25) is 4.90 Å². The summed E-state index contributed by atoms with van der Waals surface area (Å²) in [6.45, 7) is 1.70. The second-order valence-electron chi connectivity index (χ2n) is 4.52. The monoisotopic (exact) mass is 222 g/mol. The van der Waals surface area contributed by atoms with Gasteiger partial charge in [0.25, 0.3) is 0 Å². The van der Waals surface area contributed by atoms with Crippen LogP contribution in [-0.4, -0.2) is 43.3 Å². The quantitative estimate of drug-likeness (QED) is 0.725. The van der Waals surface area contributed by atoms with E-state index in [0.717, 1.165) is 19.4 Å². The van der Waals surface area contributed by atoms with Crippen molar-refractivity contribution in [2.45, 2.75) is 31.5 Å². The van der Waals surface area contributed by atoms with Crippen molar-refractivity contribution in [3.05, 3.63) is 0 Å². The lowest BCUT2D eigenvalue weighted by atomic mass is 9.91. The van der Waals surface area contributed by atoms with Gasteiger partial charge < -0.3 is 5.32 Å². The molecule has 2 aliphatic rings. The zero-order chi connectivity index (χ0) is 10.9. The molecule has 1 unspecified atom stereocenters. The fraction of sp³-hybridized carbons (Fsp3) is 1.00. The van der Waals surface area contributed by atoms with Crippen LogP contribution in [0.1, 0.15) is 19.3 Å². The van der Waals surface area contributed by atoms with Gasteiger partial charge in [0.2, 0.25) is 0 Å². The number of hydrogen-bond acceptors (Lipinski definition) is 2. The first kappa shape index (κ1) is 11.2. The number of nitrogens with zero attached hydrogens (tertiary/aromatic N) is 1. The Morgan fingerprint density at radius 3 is 2.47 bits per heavy atom. The van der Waals surface area contributed by atoms with Gasteiger partial charge in [0.15, 0.2) is 0 Å². The second-order valence-corrected chi connectivity index (χ2v) is 4.52. The van der Waals surface area contributed by atoms with Crippen LogP contribution < -0.4 is 5.32 Å². The normalized spacial score (nSPS) is 31.0. The van der Waals surface area contributed by atoms with Crippen LogP contribution in [0.2, 0.25) is 0 Å². The minimum Gasteiger partial charge on any atom is -0.315 e. The minimum atomic E-state index is -4.06. The summed E-state index contributed by atoms with van der Waals surface area (Å²) in [5, 5.41) is 2.88. The van der Waals surface area contributed by atoms with E-state index in [0.29, 0.717) is 12.6 Å². The van der Waals surface area contributed by atoms with Crippen molar-refractivity contribution in [1.82, 2.24) is 10.2 Å². The predicted octanol–water partition coefficient (Wildman–Crippen LogP) is 1.62. The number of rotatable bonds is 1. The van der Waals surface area contributed by atoms with Gasteiger partial charge in [0.05, 0.1) is 5.92 Å². The first-order valence-corrected chi connectivity index (χ1v) is 5.59. The SMILES string of the molecule is FC(F)(F)C1CNCCN(C2CCC2)C1. The summed E-state index contributed by atoms with van der Waals surface area (Å²) in [6.07, 6.45) is -0.736. The molecule has 88 valence electrons. The highest BCUT2D eigenvalue weighted by Crippen LogP contribution is 2.31. The lowest BCUT2D eigenvalue weighted by molar-refractivity contribution is -0.177. The van der Waals surface area contributed by atoms with E-state index in [4.69, 9.17) is 0 Å². The summed E-state index contributed by atoms with van der Waals surface area (Å²) < 4.78 is 37.8. The summed E-state index contributed by atoms with van der Waals surface area (Å²) in [5.74, 6) is -1.19. The number of halogens is 3. The Kier molecular flexibility index (Phi) is 3.21. The Morgan fingerprint density at radius 1 is 1.20 bits per heavy atom. The maximum atomic E-state index is 12.6. The summed E-state index contributed by atoms with van der Waals surface area (Å²) >= 11 is 0. The summed E-state index contributed by atoms with van der Waals surface area (Å²) in [4.78, 5) is 2.02. The van der Waals surface area contributed by atoms with Gasteiger partial charge in [-0.05, 0) is 12.8 Å². The summed E-state index contributed by atoms with van der Waals surface area (Å²) in [7, 11) is 0. The van der Waals surface area contributed by atoms with Crippen molar-refractivity contribution in [3.8, 4) is 0 Å². The van der Waals surface area contributed by atoms with Crippen molar-refractivity contribution in [2.24, 2.45) is 5.92 Å². The van der Waals surface area contributed by atoms with Gasteiger partial charge in [0.1, 0.15) is 0 Å². The predicted molar refractivity (Wildman–Crippen MR) is 51.6 cm³/mol. The molecule has 1 saturated heterocycles. The molecule has 0 aromatic rings. The van der Waals surface area contributed by atoms with Crippen LogP contribution in [-0.2, 0) is 0 Å². The van der Waals surface area contributed by atoms with Crippen LogP contribution in [0.5, 0.6) is 0 Å². The van der Waals surface area contributed by atoms with Gasteiger partial charge >= 0.3 is 6.18 Å². The van der Waals surface area contributed by atoms with Crippen molar-refractivity contribution in [3.63, 3.8) is 0 Å². The Labute approximate surface area is 87.8 Å². The molecule has 1 saturated carbocycles. The highest BCUT2D eigenvalue weighted by Gasteiger charge is 2.42. The van der Waals surface area contributed by atoms with Crippen molar-refractivity contribution < 1.29 is 13.2 Å². The topological polar surface area (TPSA) is 15.3 Å². The molecule has 15 heavy (non-hydrogen) atoms. The molecular formula is C10H17F3N2. The molecular weight excluding hydrogens is 205 g/mol. The number of alkyl halides is 3. The third-order valence-corrected chi connectivity index (χ3v) is 3.48. The summed E-state index contributed by atoms with van der Waals surface area (Å²) in [6, 6.07) is 0.412. The van der Waals surface area contributed by atoms with Gasteiger partial charge in [-0.15, -0.1) is 0 Å². The third-order valence-electron chi connectivity index (χ3n) is 3.48. The van der Waals surface area contributed by atoms with Gasteiger partial charge in [0, 0.05) is 32.2 Å². The van der Waals surface area contributed by atoms with Crippen LogP contribution in [0.4, 0.5) is 13.2 Å². The lowest BCUT2D eigenvalue weighted by Gasteiger charge is -2.38. The van der Waals surface area contributed by atoms with E-state index in [1.807, 2.05) is 4.90 Å². The Balaban J connectivity index is 1.95.